The molecule has 0 N–H and O–H groups in total. The van der Waals surface area contributed by atoms with E-state index in [-0.39, 0.29) is 17.7 Å². The van der Waals surface area contributed by atoms with Crippen molar-refractivity contribution < 1.29 is 4.79 Å². The van der Waals surface area contributed by atoms with Crippen LogP contribution in [0.2, 0.25) is 0 Å². The van der Waals surface area contributed by atoms with Crippen molar-refractivity contribution in [2.24, 2.45) is 5.92 Å². The first-order valence-electron chi connectivity index (χ1n) is 8.60. The van der Waals surface area contributed by atoms with E-state index in [2.05, 4.69) is 43.0 Å². The lowest BCUT2D eigenvalue weighted by atomic mass is 9.96. The largest absolute Gasteiger partial charge is 0.293 e. The molecule has 2 heteroatoms. The highest BCUT2D eigenvalue weighted by Crippen LogP contribution is 2.20. The summed E-state index contributed by atoms with van der Waals surface area (Å²) in [6.45, 7) is 7.67. The summed E-state index contributed by atoms with van der Waals surface area (Å²) in [5.41, 5.74) is 2.46. The summed E-state index contributed by atoms with van der Waals surface area (Å²) in [7, 11) is 0. The van der Waals surface area contributed by atoms with E-state index in [1.165, 1.54) is 11.1 Å². The molecule has 0 aliphatic carbocycles. The van der Waals surface area contributed by atoms with Crippen LogP contribution in [0.25, 0.3) is 0 Å². The topological polar surface area (TPSA) is 20.3 Å². The molecule has 0 unspecified atom stereocenters. The van der Waals surface area contributed by atoms with E-state index in [0.717, 1.165) is 13.1 Å². The number of allylic oxidation sites excluding steroid dienone is 1. The first-order valence-corrected chi connectivity index (χ1v) is 8.60. The highest BCUT2D eigenvalue weighted by Gasteiger charge is 2.27. The van der Waals surface area contributed by atoms with Crippen molar-refractivity contribution in [3.63, 3.8) is 0 Å². The fourth-order valence-corrected chi connectivity index (χ4v) is 3.08. The molecule has 0 aliphatic rings. The number of carbonyl (C=O) groups is 1. The van der Waals surface area contributed by atoms with Crippen LogP contribution in [0.3, 0.4) is 0 Å². The summed E-state index contributed by atoms with van der Waals surface area (Å²) >= 11 is 0. The first kappa shape index (κ1) is 18.2. The number of hydrogen-bond donors (Lipinski definition) is 0. The van der Waals surface area contributed by atoms with Gasteiger partial charge in [0.2, 0.25) is 0 Å². The molecule has 2 rings (SSSR count). The van der Waals surface area contributed by atoms with Crippen LogP contribution in [0.15, 0.2) is 72.8 Å². The van der Waals surface area contributed by atoms with E-state index >= 15 is 0 Å². The third-order valence-electron chi connectivity index (χ3n) is 4.10. The van der Waals surface area contributed by atoms with Gasteiger partial charge in [-0.15, -0.1) is 0 Å². The Morgan fingerprint density at radius 3 is 1.75 bits per heavy atom. The molecule has 0 aromatic heterocycles. The Kier molecular flexibility index (Phi) is 6.95. The third kappa shape index (κ3) is 5.17. The van der Waals surface area contributed by atoms with Crippen LogP contribution in [0.5, 0.6) is 0 Å². The van der Waals surface area contributed by atoms with Crippen LogP contribution in [-0.2, 0) is 17.9 Å². The second kappa shape index (κ2) is 9.19. The number of ketones is 1. The molecule has 0 saturated heterocycles. The lowest BCUT2D eigenvalue weighted by Crippen LogP contribution is -2.43. The van der Waals surface area contributed by atoms with E-state index in [1.807, 2.05) is 49.4 Å². The van der Waals surface area contributed by atoms with Crippen molar-refractivity contribution in [2.75, 3.05) is 0 Å². The molecule has 0 spiro atoms. The minimum Gasteiger partial charge on any atom is -0.293 e. The lowest BCUT2D eigenvalue weighted by molar-refractivity contribution is -0.121. The standard InChI is InChI=1S/C22H27NO/c1-4-11-21(24)22(18(2)3)23(16-19-12-7-5-8-13-19)17-20-14-9-6-10-15-20/h4-15,18,22H,16-17H2,1-3H3/t22-/m0/s1. The van der Waals surface area contributed by atoms with Crippen LogP contribution in [0, 0.1) is 5.92 Å². The summed E-state index contributed by atoms with van der Waals surface area (Å²) in [5.74, 6) is 0.431. The molecule has 0 heterocycles. The van der Waals surface area contributed by atoms with Gasteiger partial charge in [-0.3, -0.25) is 9.69 Å². The maximum absolute atomic E-state index is 12.7. The number of hydrogen-bond acceptors (Lipinski definition) is 2. The zero-order valence-corrected chi connectivity index (χ0v) is 14.9. The van der Waals surface area contributed by atoms with Crippen molar-refractivity contribution in [3.05, 3.63) is 83.9 Å². The van der Waals surface area contributed by atoms with Gasteiger partial charge in [-0.2, -0.15) is 0 Å². The van der Waals surface area contributed by atoms with Crippen LogP contribution in [0.4, 0.5) is 0 Å². The van der Waals surface area contributed by atoms with Crippen molar-refractivity contribution in [2.45, 2.75) is 39.9 Å². The molecular formula is C22H27NO. The van der Waals surface area contributed by atoms with Gasteiger partial charge in [-0.05, 0) is 30.0 Å². The van der Waals surface area contributed by atoms with Gasteiger partial charge in [0.25, 0.3) is 0 Å². The van der Waals surface area contributed by atoms with Gasteiger partial charge in [-0.1, -0.05) is 80.6 Å². The molecule has 0 amide bonds. The van der Waals surface area contributed by atoms with Crippen LogP contribution >= 0.6 is 0 Å². The third-order valence-corrected chi connectivity index (χ3v) is 4.10. The molecule has 0 aliphatic heterocycles. The van der Waals surface area contributed by atoms with Gasteiger partial charge in [0.15, 0.2) is 5.78 Å². The molecule has 0 radical (unpaired) electrons. The monoisotopic (exact) mass is 321 g/mol. The van der Waals surface area contributed by atoms with Crippen molar-refractivity contribution >= 4 is 5.78 Å². The molecule has 1 atom stereocenters. The Bertz CT molecular complexity index is 605. The molecule has 126 valence electrons. The fraction of sp³-hybridized carbons (Fsp3) is 0.318. The van der Waals surface area contributed by atoms with Crippen molar-refractivity contribution in [3.8, 4) is 0 Å². The summed E-state index contributed by atoms with van der Waals surface area (Å²) in [6, 6.07) is 20.6. The average molecular weight is 321 g/mol. The van der Waals surface area contributed by atoms with Crippen LogP contribution in [-0.4, -0.2) is 16.7 Å². The number of benzene rings is 2. The molecule has 2 nitrogen and oxygen atoms in total. The van der Waals surface area contributed by atoms with Gasteiger partial charge in [0.1, 0.15) is 0 Å². The molecule has 0 fully saturated rings. The SMILES string of the molecule is CC=CC(=O)[C@H](C(C)C)N(Cc1ccccc1)Cc1ccccc1. The van der Waals surface area contributed by atoms with Crippen molar-refractivity contribution in [1.82, 2.24) is 4.90 Å². The highest BCUT2D eigenvalue weighted by atomic mass is 16.1. The summed E-state index contributed by atoms with van der Waals surface area (Å²) in [5, 5.41) is 0. The molecule has 0 saturated carbocycles. The number of rotatable bonds is 8. The van der Waals surface area contributed by atoms with E-state index in [1.54, 1.807) is 6.08 Å². The van der Waals surface area contributed by atoms with Gasteiger partial charge in [0.05, 0.1) is 6.04 Å². The van der Waals surface area contributed by atoms with Crippen LogP contribution < -0.4 is 0 Å². The predicted octanol–water partition coefficient (Wildman–Crippen LogP) is 4.86. The second-order valence-electron chi connectivity index (χ2n) is 6.47. The van der Waals surface area contributed by atoms with E-state index < -0.39 is 0 Å². The quantitative estimate of drug-likeness (QED) is 0.647. The molecular weight excluding hydrogens is 294 g/mol. The summed E-state index contributed by atoms with van der Waals surface area (Å²) in [6.07, 6.45) is 3.54. The van der Waals surface area contributed by atoms with E-state index in [0.29, 0.717) is 0 Å². The maximum Gasteiger partial charge on any atom is 0.172 e. The Hall–Kier alpha value is -2.19. The second-order valence-corrected chi connectivity index (χ2v) is 6.47. The van der Waals surface area contributed by atoms with Gasteiger partial charge < -0.3 is 0 Å². The van der Waals surface area contributed by atoms with E-state index in [4.69, 9.17) is 0 Å². The predicted molar refractivity (Wildman–Crippen MR) is 101 cm³/mol. The smallest absolute Gasteiger partial charge is 0.172 e. The van der Waals surface area contributed by atoms with Crippen molar-refractivity contribution in [1.29, 1.82) is 0 Å². The fourth-order valence-electron chi connectivity index (χ4n) is 3.08. The maximum atomic E-state index is 12.7. The highest BCUT2D eigenvalue weighted by molar-refractivity contribution is 5.94. The zero-order valence-electron chi connectivity index (χ0n) is 14.9. The van der Waals surface area contributed by atoms with E-state index in [9.17, 15) is 4.79 Å². The summed E-state index contributed by atoms with van der Waals surface area (Å²) in [4.78, 5) is 15.0. The lowest BCUT2D eigenvalue weighted by Gasteiger charge is -2.33. The Balaban J connectivity index is 2.30. The summed E-state index contributed by atoms with van der Waals surface area (Å²) < 4.78 is 0. The average Bonchev–Trinajstić information content (AvgIpc) is 2.56. The normalized spacial score (nSPS) is 12.9. The Morgan fingerprint density at radius 2 is 1.38 bits per heavy atom. The number of carbonyl (C=O) groups excluding carboxylic acids is 1. The zero-order chi connectivity index (χ0) is 17.4. The van der Waals surface area contributed by atoms with Gasteiger partial charge in [0, 0.05) is 13.1 Å². The number of nitrogens with zero attached hydrogens (tertiary/aromatic N) is 1. The Labute approximate surface area is 145 Å². The van der Waals surface area contributed by atoms with Crippen LogP contribution in [0.1, 0.15) is 31.9 Å². The first-order chi connectivity index (χ1) is 11.6. The molecule has 2 aromatic carbocycles. The minimum absolute atomic E-state index is 0.124. The van der Waals surface area contributed by atoms with Gasteiger partial charge in [-0.25, -0.2) is 0 Å². The Morgan fingerprint density at radius 1 is 0.917 bits per heavy atom. The molecule has 2 aromatic rings. The molecule has 0 bridgehead atoms. The minimum atomic E-state index is -0.124. The van der Waals surface area contributed by atoms with Gasteiger partial charge >= 0.3 is 0 Å². The molecule has 24 heavy (non-hydrogen) atoms.